The molecule has 230 valence electrons. The quantitative estimate of drug-likeness (QED) is 0.240. The number of hydrogen-bond acceptors (Lipinski definition) is 8. The average Bonchev–Trinajstić information content (AvgIpc) is 3.03. The van der Waals surface area contributed by atoms with Crippen LogP contribution in [0.15, 0.2) is 93.8 Å². The van der Waals surface area contributed by atoms with E-state index in [0.717, 1.165) is 10.3 Å². The number of anilines is 1. The van der Waals surface area contributed by atoms with E-state index in [9.17, 15) is 14.0 Å². The van der Waals surface area contributed by atoms with Crippen molar-refractivity contribution in [3.05, 3.63) is 107 Å². The number of nitrogens with zero attached hydrogens (tertiary/aromatic N) is 1. The molecule has 0 unspecified atom stereocenters. The molecule has 0 aliphatic carbocycles. The Morgan fingerprint density at radius 1 is 0.822 bits per heavy atom. The molecule has 1 aliphatic heterocycles. The Morgan fingerprint density at radius 2 is 1.53 bits per heavy atom. The van der Waals surface area contributed by atoms with E-state index in [1.54, 1.807) is 30.5 Å². The summed E-state index contributed by atoms with van der Waals surface area (Å²) in [7, 11) is 0. The smallest absolute Gasteiger partial charge is 0.261 e. The Kier molecular flexibility index (Phi) is 9.34. The van der Waals surface area contributed by atoms with Gasteiger partial charge in [0.2, 0.25) is 5.43 Å². The Bertz CT molecular complexity index is 1900. The van der Waals surface area contributed by atoms with Crippen molar-refractivity contribution in [2.45, 2.75) is 9.79 Å². The first-order valence-corrected chi connectivity index (χ1v) is 14.9. The third-order valence-corrected chi connectivity index (χ3v) is 7.99. The van der Waals surface area contributed by atoms with E-state index in [-0.39, 0.29) is 16.8 Å². The zero-order valence-corrected chi connectivity index (χ0v) is 24.6. The zero-order chi connectivity index (χ0) is 31.2. The van der Waals surface area contributed by atoms with Gasteiger partial charge < -0.3 is 29.2 Å². The second-order valence-electron chi connectivity index (χ2n) is 9.87. The number of carbonyl (C=O) groups is 1. The maximum Gasteiger partial charge on any atom is 0.261 e. The molecule has 3 heterocycles. The van der Waals surface area contributed by atoms with E-state index in [1.807, 2.05) is 6.07 Å². The molecule has 2 N–H and O–H groups in total. The van der Waals surface area contributed by atoms with E-state index in [1.165, 1.54) is 54.5 Å². The third kappa shape index (κ3) is 7.14. The lowest BCUT2D eigenvalue weighted by atomic mass is 10.0. The van der Waals surface area contributed by atoms with Crippen molar-refractivity contribution in [3.8, 4) is 22.6 Å². The zero-order valence-electron chi connectivity index (χ0n) is 23.8. The van der Waals surface area contributed by atoms with E-state index >= 15 is 4.39 Å². The minimum absolute atomic E-state index is 0.170. The van der Waals surface area contributed by atoms with Crippen LogP contribution in [-0.2, 0) is 9.47 Å². The number of rotatable bonds is 5. The van der Waals surface area contributed by atoms with E-state index in [0.29, 0.717) is 67.1 Å². The first-order valence-electron chi connectivity index (χ1n) is 14.1. The van der Waals surface area contributed by atoms with Gasteiger partial charge in [-0.3, -0.25) is 14.6 Å². The van der Waals surface area contributed by atoms with Gasteiger partial charge in [0.15, 0.2) is 11.5 Å². The fourth-order valence-corrected chi connectivity index (χ4v) is 5.59. The highest BCUT2D eigenvalue weighted by Gasteiger charge is 2.17. The molecule has 0 bridgehead atoms. The van der Waals surface area contributed by atoms with Crippen molar-refractivity contribution in [1.82, 2.24) is 9.97 Å². The number of H-pyrrole nitrogens is 1. The molecular formula is C33H27F2N3O6S. The van der Waals surface area contributed by atoms with Crippen LogP contribution in [0.2, 0.25) is 0 Å². The molecule has 5 aromatic rings. The molecule has 0 radical (unpaired) electrons. The molecule has 0 atom stereocenters. The fourth-order valence-electron chi connectivity index (χ4n) is 4.66. The Balaban J connectivity index is 1.21. The van der Waals surface area contributed by atoms with Gasteiger partial charge in [0.25, 0.3) is 5.91 Å². The van der Waals surface area contributed by atoms with Crippen molar-refractivity contribution in [2.75, 3.05) is 45.0 Å². The van der Waals surface area contributed by atoms with Crippen LogP contribution in [0.3, 0.4) is 0 Å². The van der Waals surface area contributed by atoms with E-state index in [4.69, 9.17) is 18.9 Å². The van der Waals surface area contributed by atoms with Crippen molar-refractivity contribution in [1.29, 1.82) is 0 Å². The molecule has 0 saturated heterocycles. The van der Waals surface area contributed by atoms with Gasteiger partial charge in [0.05, 0.1) is 31.9 Å². The van der Waals surface area contributed by atoms with Gasteiger partial charge in [-0.1, -0.05) is 23.9 Å². The first-order chi connectivity index (χ1) is 22.0. The molecule has 1 aliphatic rings. The molecule has 45 heavy (non-hydrogen) atoms. The summed E-state index contributed by atoms with van der Waals surface area (Å²) in [6, 6.07) is 15.0. The predicted octanol–water partition coefficient (Wildman–Crippen LogP) is 6.08. The number of nitrogens with one attached hydrogen (secondary N) is 2. The maximum atomic E-state index is 15.4. The fraction of sp³-hybridized carbons (Fsp3) is 0.182. The summed E-state index contributed by atoms with van der Waals surface area (Å²) in [6.45, 7) is 2.38. The molecule has 9 nitrogen and oxygen atoms in total. The van der Waals surface area contributed by atoms with Gasteiger partial charge in [0.1, 0.15) is 30.4 Å². The molecule has 3 aromatic carbocycles. The third-order valence-electron chi connectivity index (χ3n) is 6.86. The molecule has 0 saturated carbocycles. The lowest BCUT2D eigenvalue weighted by Gasteiger charge is -2.16. The number of carbonyl (C=O) groups excluding carboxylic acids is 1. The standard InChI is InChI=1S/C33H27F2N3O6S/c34-21-3-1-20(2-4-21)24-18-36-19-25(32(24)39)33(40)38-22-5-6-31(26(35)15-22)45-30-7-8-37-27-17-29-28(16-23(27)30)43-13-11-41-9-10-42-12-14-44-29/h1-8,15-19H,9-14H2,(H,36,39)(H,38,40). The monoisotopic (exact) mass is 631 g/mol. The first kappa shape index (κ1) is 30.3. The lowest BCUT2D eigenvalue weighted by Crippen LogP contribution is -2.22. The molecule has 6 rings (SSSR count). The predicted molar refractivity (Wildman–Crippen MR) is 165 cm³/mol. The van der Waals surface area contributed by atoms with Gasteiger partial charge in [-0.05, 0) is 48.0 Å². The minimum Gasteiger partial charge on any atom is -0.487 e. The summed E-state index contributed by atoms with van der Waals surface area (Å²) in [5.74, 6) is -0.692. The normalized spacial score (nSPS) is 13.9. The van der Waals surface area contributed by atoms with Gasteiger partial charge >= 0.3 is 0 Å². The molecule has 2 aromatic heterocycles. The second-order valence-corrected chi connectivity index (χ2v) is 11.0. The highest BCUT2D eigenvalue weighted by molar-refractivity contribution is 7.99. The van der Waals surface area contributed by atoms with Crippen LogP contribution in [0, 0.1) is 11.6 Å². The summed E-state index contributed by atoms with van der Waals surface area (Å²) in [5.41, 5.74) is 0.754. The number of fused-ring (bicyclic) bond motifs is 2. The van der Waals surface area contributed by atoms with Crippen LogP contribution in [-0.4, -0.2) is 55.5 Å². The maximum absolute atomic E-state index is 15.4. The molecular weight excluding hydrogens is 604 g/mol. The Hall–Kier alpha value is -4.78. The molecule has 0 spiro atoms. The number of benzene rings is 3. The summed E-state index contributed by atoms with van der Waals surface area (Å²) in [5, 5.41) is 3.33. The minimum atomic E-state index is -0.714. The Morgan fingerprint density at radius 3 is 2.27 bits per heavy atom. The number of amides is 1. The summed E-state index contributed by atoms with van der Waals surface area (Å²) >= 11 is 1.19. The van der Waals surface area contributed by atoms with Crippen molar-refractivity contribution in [3.63, 3.8) is 0 Å². The van der Waals surface area contributed by atoms with Crippen LogP contribution < -0.4 is 20.2 Å². The number of ether oxygens (including phenoxy) is 4. The molecule has 12 heteroatoms. The number of aromatic nitrogens is 2. The van der Waals surface area contributed by atoms with E-state index < -0.39 is 23.0 Å². The summed E-state index contributed by atoms with van der Waals surface area (Å²) in [4.78, 5) is 34.3. The molecule has 0 fully saturated rings. The van der Waals surface area contributed by atoms with Crippen molar-refractivity contribution in [2.24, 2.45) is 0 Å². The largest absolute Gasteiger partial charge is 0.487 e. The van der Waals surface area contributed by atoms with Crippen LogP contribution in [0.4, 0.5) is 14.5 Å². The van der Waals surface area contributed by atoms with Gasteiger partial charge in [-0.15, -0.1) is 0 Å². The van der Waals surface area contributed by atoms with Crippen LogP contribution in [0.5, 0.6) is 11.5 Å². The SMILES string of the molecule is O=C(Nc1ccc(Sc2ccnc3cc4c(cc23)OCCOCCOCCO4)c(F)c1)c1c[nH]cc(-c2ccc(F)cc2)c1=O. The Labute approximate surface area is 260 Å². The summed E-state index contributed by atoms with van der Waals surface area (Å²) < 4.78 is 51.5. The van der Waals surface area contributed by atoms with Gasteiger partial charge in [-0.25, -0.2) is 8.78 Å². The van der Waals surface area contributed by atoms with E-state index in [2.05, 4.69) is 15.3 Å². The highest BCUT2D eigenvalue weighted by Crippen LogP contribution is 2.39. The van der Waals surface area contributed by atoms with Crippen LogP contribution in [0.1, 0.15) is 10.4 Å². The second kappa shape index (κ2) is 13.9. The number of pyridine rings is 2. The molecule has 1 amide bonds. The topological polar surface area (TPSA) is 112 Å². The van der Waals surface area contributed by atoms with Gasteiger partial charge in [-0.2, -0.15) is 0 Å². The van der Waals surface area contributed by atoms with Crippen LogP contribution in [0.25, 0.3) is 22.0 Å². The number of halogens is 2. The highest BCUT2D eigenvalue weighted by atomic mass is 32.2. The number of hydrogen-bond donors (Lipinski definition) is 2. The number of aromatic amines is 1. The average molecular weight is 632 g/mol. The van der Waals surface area contributed by atoms with Crippen molar-refractivity contribution >= 4 is 34.3 Å². The van der Waals surface area contributed by atoms with Gasteiger partial charge in [0, 0.05) is 51.1 Å². The lowest BCUT2D eigenvalue weighted by molar-refractivity contribution is 0.0224. The van der Waals surface area contributed by atoms with Crippen LogP contribution >= 0.6 is 11.8 Å². The summed E-state index contributed by atoms with van der Waals surface area (Å²) in [6.07, 6.45) is 4.34. The van der Waals surface area contributed by atoms with Crippen molar-refractivity contribution < 1.29 is 32.5 Å².